The molecule has 3 N–H and O–H groups in total. The summed E-state index contributed by atoms with van der Waals surface area (Å²) in [6.45, 7) is 3.89. The van der Waals surface area contributed by atoms with E-state index in [2.05, 4.69) is 20.6 Å². The summed E-state index contributed by atoms with van der Waals surface area (Å²) < 4.78 is 0. The Balaban J connectivity index is 2.13. The van der Waals surface area contributed by atoms with E-state index in [0.717, 1.165) is 5.56 Å². The minimum atomic E-state index is -0.789. The van der Waals surface area contributed by atoms with Gasteiger partial charge in [-0.1, -0.05) is 44.2 Å². The molecule has 2 rings (SSSR count). The van der Waals surface area contributed by atoms with Crippen molar-refractivity contribution in [1.29, 1.82) is 0 Å². The molecule has 0 bridgehead atoms. The monoisotopic (exact) mass is 370 g/mol. The number of aliphatic hydroxyl groups is 1. The van der Waals surface area contributed by atoms with Crippen molar-refractivity contribution in [3.05, 3.63) is 60.2 Å². The van der Waals surface area contributed by atoms with E-state index in [1.807, 2.05) is 44.2 Å². The second-order valence-corrected chi connectivity index (χ2v) is 6.82. The molecule has 0 radical (unpaired) electrons. The predicted molar refractivity (Wildman–Crippen MR) is 102 cm³/mol. The summed E-state index contributed by atoms with van der Waals surface area (Å²) in [4.78, 5) is 33.1. The summed E-state index contributed by atoms with van der Waals surface area (Å²) in [6.07, 6.45) is 5.23. The number of amides is 2. The molecule has 0 aliphatic rings. The molecule has 0 fully saturated rings. The van der Waals surface area contributed by atoms with Gasteiger partial charge >= 0.3 is 0 Å². The van der Waals surface area contributed by atoms with E-state index in [1.165, 1.54) is 18.6 Å². The van der Waals surface area contributed by atoms with E-state index in [4.69, 9.17) is 0 Å². The maximum atomic E-state index is 12.8. The maximum Gasteiger partial charge on any atom is 0.272 e. The van der Waals surface area contributed by atoms with Crippen molar-refractivity contribution in [2.24, 2.45) is 5.92 Å². The van der Waals surface area contributed by atoms with E-state index in [9.17, 15) is 14.7 Å². The zero-order chi connectivity index (χ0) is 19.6. The van der Waals surface area contributed by atoms with Gasteiger partial charge in [-0.3, -0.25) is 14.6 Å². The zero-order valence-electron chi connectivity index (χ0n) is 15.6. The lowest BCUT2D eigenvalue weighted by Crippen LogP contribution is -2.51. The van der Waals surface area contributed by atoms with Crippen LogP contribution >= 0.6 is 0 Å². The molecular weight excluding hydrogens is 344 g/mol. The van der Waals surface area contributed by atoms with Gasteiger partial charge in [0.2, 0.25) is 5.91 Å². The average Bonchev–Trinajstić information content (AvgIpc) is 2.68. The molecule has 1 aromatic heterocycles. The third-order valence-corrected chi connectivity index (χ3v) is 4.02. The fourth-order valence-electron chi connectivity index (χ4n) is 2.76. The van der Waals surface area contributed by atoms with Gasteiger partial charge in [0.25, 0.3) is 5.91 Å². The molecule has 1 aromatic carbocycles. The van der Waals surface area contributed by atoms with Crippen LogP contribution in [0, 0.1) is 5.92 Å². The normalized spacial score (nSPS) is 13.0. The molecule has 0 saturated carbocycles. The van der Waals surface area contributed by atoms with Gasteiger partial charge in [-0.25, -0.2) is 4.98 Å². The summed E-state index contributed by atoms with van der Waals surface area (Å²) in [7, 11) is 0. The Kier molecular flexibility index (Phi) is 7.88. The number of carbonyl (C=O) groups is 2. The first-order chi connectivity index (χ1) is 13.0. The van der Waals surface area contributed by atoms with Gasteiger partial charge < -0.3 is 15.7 Å². The lowest BCUT2D eigenvalue weighted by molar-refractivity contribution is -0.124. The second-order valence-electron chi connectivity index (χ2n) is 6.82. The largest absolute Gasteiger partial charge is 0.394 e. The second kappa shape index (κ2) is 10.4. The Morgan fingerprint density at radius 1 is 1.11 bits per heavy atom. The van der Waals surface area contributed by atoms with Crippen LogP contribution in [-0.2, 0) is 11.2 Å². The fraction of sp³-hybridized carbons (Fsp3) is 0.400. The van der Waals surface area contributed by atoms with Crippen molar-refractivity contribution >= 4 is 11.8 Å². The number of hydrogen-bond acceptors (Lipinski definition) is 5. The van der Waals surface area contributed by atoms with Crippen LogP contribution in [0.25, 0.3) is 0 Å². The minimum absolute atomic E-state index is 0.143. The lowest BCUT2D eigenvalue weighted by Gasteiger charge is -2.23. The maximum absolute atomic E-state index is 12.8. The Bertz CT molecular complexity index is 723. The quantitative estimate of drug-likeness (QED) is 0.618. The van der Waals surface area contributed by atoms with Crippen LogP contribution in [0.5, 0.6) is 0 Å². The minimum Gasteiger partial charge on any atom is -0.394 e. The van der Waals surface area contributed by atoms with Crippen LogP contribution in [0.15, 0.2) is 48.9 Å². The van der Waals surface area contributed by atoms with Crippen LogP contribution in [0.2, 0.25) is 0 Å². The van der Waals surface area contributed by atoms with Crippen molar-refractivity contribution in [1.82, 2.24) is 20.6 Å². The van der Waals surface area contributed by atoms with Gasteiger partial charge in [0.1, 0.15) is 11.7 Å². The van der Waals surface area contributed by atoms with Gasteiger partial charge in [-0.2, -0.15) is 0 Å². The van der Waals surface area contributed by atoms with Crippen molar-refractivity contribution in [2.45, 2.75) is 38.8 Å². The molecule has 0 saturated heterocycles. The van der Waals surface area contributed by atoms with Gasteiger partial charge in [-0.05, 0) is 17.9 Å². The Labute approximate surface area is 159 Å². The summed E-state index contributed by atoms with van der Waals surface area (Å²) in [5.41, 5.74) is 1.06. The highest BCUT2D eigenvalue weighted by Gasteiger charge is 2.25. The van der Waals surface area contributed by atoms with Crippen molar-refractivity contribution in [3.8, 4) is 0 Å². The number of benzene rings is 1. The highest BCUT2D eigenvalue weighted by atomic mass is 16.3. The van der Waals surface area contributed by atoms with Gasteiger partial charge in [0.15, 0.2) is 0 Å². The Hall–Kier alpha value is -2.80. The van der Waals surface area contributed by atoms with E-state index in [0.29, 0.717) is 18.8 Å². The molecule has 2 atom stereocenters. The molecule has 0 unspecified atom stereocenters. The SMILES string of the molecule is CC(C)C[C@@H](CO)NC(=O)[C@H](Cc1ccccc1)NC(=O)c1cnccn1. The lowest BCUT2D eigenvalue weighted by atomic mass is 10.0. The van der Waals surface area contributed by atoms with Crippen LogP contribution < -0.4 is 10.6 Å². The average molecular weight is 370 g/mol. The molecule has 27 heavy (non-hydrogen) atoms. The Morgan fingerprint density at radius 3 is 2.44 bits per heavy atom. The van der Waals surface area contributed by atoms with E-state index in [-0.39, 0.29) is 24.2 Å². The van der Waals surface area contributed by atoms with Crippen LogP contribution in [0.4, 0.5) is 0 Å². The van der Waals surface area contributed by atoms with E-state index >= 15 is 0 Å². The topological polar surface area (TPSA) is 104 Å². The molecule has 0 aliphatic heterocycles. The number of hydrogen-bond donors (Lipinski definition) is 3. The van der Waals surface area contributed by atoms with Crippen molar-refractivity contribution < 1.29 is 14.7 Å². The van der Waals surface area contributed by atoms with Gasteiger partial charge in [0, 0.05) is 18.8 Å². The number of carbonyl (C=O) groups excluding carboxylic acids is 2. The van der Waals surface area contributed by atoms with Crippen LogP contribution in [-0.4, -0.2) is 45.6 Å². The number of rotatable bonds is 9. The van der Waals surface area contributed by atoms with Crippen molar-refractivity contribution in [2.75, 3.05) is 6.61 Å². The molecular formula is C20H26N4O3. The predicted octanol–water partition coefficient (Wildman–Crippen LogP) is 1.34. The molecule has 2 aromatic rings. The highest BCUT2D eigenvalue weighted by Crippen LogP contribution is 2.08. The molecule has 144 valence electrons. The number of aliphatic hydroxyl groups excluding tert-OH is 1. The van der Waals surface area contributed by atoms with Crippen LogP contribution in [0.1, 0.15) is 36.3 Å². The van der Waals surface area contributed by atoms with Crippen LogP contribution in [0.3, 0.4) is 0 Å². The van der Waals surface area contributed by atoms with Gasteiger partial charge in [-0.15, -0.1) is 0 Å². The fourth-order valence-corrected chi connectivity index (χ4v) is 2.76. The summed E-state index contributed by atoms with van der Waals surface area (Å²) in [5.74, 6) is -0.483. The van der Waals surface area contributed by atoms with E-state index in [1.54, 1.807) is 0 Å². The zero-order valence-corrected chi connectivity index (χ0v) is 15.6. The van der Waals surface area contributed by atoms with E-state index < -0.39 is 11.9 Å². The first kappa shape index (κ1) is 20.5. The smallest absolute Gasteiger partial charge is 0.272 e. The Morgan fingerprint density at radius 2 is 1.85 bits per heavy atom. The molecule has 0 aliphatic carbocycles. The molecule has 0 spiro atoms. The first-order valence-electron chi connectivity index (χ1n) is 9.01. The number of aromatic nitrogens is 2. The molecule has 7 nitrogen and oxygen atoms in total. The molecule has 2 amide bonds. The third-order valence-electron chi connectivity index (χ3n) is 4.02. The summed E-state index contributed by atoms with van der Waals surface area (Å²) in [6, 6.07) is 8.29. The summed E-state index contributed by atoms with van der Waals surface area (Å²) in [5, 5.41) is 15.1. The summed E-state index contributed by atoms with van der Waals surface area (Å²) >= 11 is 0. The molecule has 7 heteroatoms. The number of nitrogens with one attached hydrogen (secondary N) is 2. The van der Waals surface area contributed by atoms with Crippen molar-refractivity contribution in [3.63, 3.8) is 0 Å². The van der Waals surface area contributed by atoms with Gasteiger partial charge in [0.05, 0.1) is 18.8 Å². The third kappa shape index (κ3) is 6.79. The highest BCUT2D eigenvalue weighted by molar-refractivity contribution is 5.96. The molecule has 1 heterocycles. The first-order valence-corrected chi connectivity index (χ1v) is 9.01. The standard InChI is InChI=1S/C20H26N4O3/c1-14(2)10-16(13-25)23-19(26)17(11-15-6-4-3-5-7-15)24-20(27)18-12-21-8-9-22-18/h3-9,12,14,16-17,25H,10-11,13H2,1-2H3,(H,23,26)(H,24,27)/t16-,17-/m0/s1. The number of nitrogens with zero attached hydrogens (tertiary/aromatic N) is 2.